The van der Waals surface area contributed by atoms with E-state index < -0.39 is 30.6 Å². The second kappa shape index (κ2) is 18.5. The summed E-state index contributed by atoms with van der Waals surface area (Å²) in [5, 5.41) is 3.50. The first-order chi connectivity index (χ1) is 29.5. The van der Waals surface area contributed by atoms with E-state index in [9.17, 15) is 14.4 Å². The molecular weight excluding hydrogens is 815 g/mol. The van der Waals surface area contributed by atoms with E-state index in [1.807, 2.05) is 66.1 Å². The minimum Gasteiger partial charge on any atom is -0.487 e. The van der Waals surface area contributed by atoms with Gasteiger partial charge in [0.1, 0.15) is 17.2 Å². The van der Waals surface area contributed by atoms with Crippen LogP contribution in [0.3, 0.4) is 0 Å². The Morgan fingerprint density at radius 2 is 1.66 bits per heavy atom. The number of halogens is 2. The highest BCUT2D eigenvalue weighted by Crippen LogP contribution is 2.36. The predicted octanol–water partition coefficient (Wildman–Crippen LogP) is 8.41. The van der Waals surface area contributed by atoms with Crippen molar-refractivity contribution < 1.29 is 37.4 Å². The first kappa shape index (κ1) is 44.5. The monoisotopic (exact) mass is 868 g/mol. The average Bonchev–Trinajstić information content (AvgIpc) is 3.63. The van der Waals surface area contributed by atoms with Gasteiger partial charge in [0.05, 0.1) is 29.9 Å². The van der Waals surface area contributed by atoms with Crippen LogP contribution in [0.5, 0.6) is 5.75 Å². The molecule has 7 rings (SSSR count). The lowest BCUT2D eigenvalue weighted by Gasteiger charge is -2.44. The van der Waals surface area contributed by atoms with Crippen LogP contribution in [0.4, 0.5) is 19.7 Å². The summed E-state index contributed by atoms with van der Waals surface area (Å²) in [4.78, 5) is 55.0. The number of carbonyl (C=O) groups excluding carboxylic acids is 3. The molecule has 5 aromatic rings. The summed E-state index contributed by atoms with van der Waals surface area (Å²) in [6, 6.07) is 22.0. The number of anilines is 2. The molecule has 2 aliphatic heterocycles. The maximum atomic E-state index is 15.6. The van der Waals surface area contributed by atoms with Gasteiger partial charge in [-0.2, -0.15) is 0 Å². The van der Waals surface area contributed by atoms with Crippen molar-refractivity contribution in [3.63, 3.8) is 0 Å². The van der Waals surface area contributed by atoms with E-state index in [1.165, 1.54) is 11.3 Å². The smallest absolute Gasteiger partial charge is 0.358 e. The van der Waals surface area contributed by atoms with Gasteiger partial charge in [-0.25, -0.2) is 23.5 Å². The first-order valence-electron chi connectivity index (χ1n) is 21.0. The van der Waals surface area contributed by atoms with Crippen molar-refractivity contribution in [1.29, 1.82) is 0 Å². The Hall–Kier alpha value is -5.51. The van der Waals surface area contributed by atoms with Crippen molar-refractivity contribution in [1.82, 2.24) is 19.8 Å². The molecule has 0 spiro atoms. The molecule has 62 heavy (non-hydrogen) atoms. The molecule has 1 N–H and O–H groups in total. The molecule has 1 saturated heterocycles. The molecule has 0 bridgehead atoms. The lowest BCUT2D eigenvalue weighted by atomic mass is 9.94. The van der Waals surface area contributed by atoms with Gasteiger partial charge in [0.15, 0.2) is 17.4 Å². The van der Waals surface area contributed by atoms with Gasteiger partial charge in [0, 0.05) is 49.4 Å². The summed E-state index contributed by atoms with van der Waals surface area (Å²) in [6.07, 6.45) is 0.648. The maximum absolute atomic E-state index is 15.6. The van der Waals surface area contributed by atoms with Crippen LogP contribution in [0.1, 0.15) is 79.1 Å². The quantitative estimate of drug-likeness (QED) is 0.115. The van der Waals surface area contributed by atoms with Gasteiger partial charge in [-0.3, -0.25) is 24.7 Å². The zero-order chi connectivity index (χ0) is 44.3. The Morgan fingerprint density at radius 1 is 0.919 bits per heavy atom. The van der Waals surface area contributed by atoms with Crippen molar-refractivity contribution in [2.45, 2.75) is 85.0 Å². The lowest BCUT2D eigenvalue weighted by Crippen LogP contribution is -2.59. The normalized spacial score (nSPS) is 17.4. The molecule has 0 unspecified atom stereocenters. The highest BCUT2D eigenvalue weighted by Gasteiger charge is 2.38. The number of nitrogens with one attached hydrogen (secondary N) is 1. The van der Waals surface area contributed by atoms with Crippen LogP contribution in [0, 0.1) is 6.92 Å². The van der Waals surface area contributed by atoms with Crippen molar-refractivity contribution in [3.8, 4) is 16.9 Å². The molecule has 15 heteroatoms. The number of hydrogen-bond donors (Lipinski definition) is 1. The average molecular weight is 869 g/mol. The zero-order valence-electron chi connectivity index (χ0n) is 36.3. The number of pyridine rings is 1. The van der Waals surface area contributed by atoms with Gasteiger partial charge in [0.25, 0.3) is 11.8 Å². The number of amides is 1. The molecule has 328 valence electrons. The zero-order valence-corrected chi connectivity index (χ0v) is 37.1. The van der Waals surface area contributed by atoms with Gasteiger partial charge in [-0.1, -0.05) is 47.7 Å². The second-order valence-electron chi connectivity index (χ2n) is 17.1. The number of aromatic nitrogens is 2. The third-order valence-electron chi connectivity index (χ3n) is 11.1. The number of ether oxygens (including phenoxy) is 3. The highest BCUT2D eigenvalue weighted by molar-refractivity contribution is 7.22. The number of piperazine rings is 1. The van der Waals surface area contributed by atoms with Gasteiger partial charge >= 0.3 is 11.9 Å². The first-order valence-corrected chi connectivity index (χ1v) is 21.8. The van der Waals surface area contributed by atoms with Crippen LogP contribution in [0.25, 0.3) is 21.3 Å². The Morgan fingerprint density at radius 3 is 2.39 bits per heavy atom. The molecule has 4 heterocycles. The number of carbonyl (C=O) groups is 3. The van der Waals surface area contributed by atoms with Crippen molar-refractivity contribution in [3.05, 3.63) is 101 Å². The number of rotatable bonds is 13. The molecule has 1 amide bonds. The number of fused-ring (bicyclic) bond motifs is 2. The van der Waals surface area contributed by atoms with E-state index in [0.717, 1.165) is 21.3 Å². The van der Waals surface area contributed by atoms with E-state index in [-0.39, 0.29) is 48.6 Å². The van der Waals surface area contributed by atoms with Crippen molar-refractivity contribution >= 4 is 50.3 Å². The number of nitrogens with zero attached hydrogens (tertiary/aromatic N) is 5. The van der Waals surface area contributed by atoms with Crippen LogP contribution in [-0.4, -0.2) is 107 Å². The van der Waals surface area contributed by atoms with E-state index in [4.69, 9.17) is 19.2 Å². The predicted molar refractivity (Wildman–Crippen MR) is 237 cm³/mol. The number of thiazole rings is 1. The summed E-state index contributed by atoms with van der Waals surface area (Å²) in [5.74, 6) is -3.62. The summed E-state index contributed by atoms with van der Waals surface area (Å²) >= 11 is 1.41. The summed E-state index contributed by atoms with van der Waals surface area (Å²) in [7, 11) is 0. The van der Waals surface area contributed by atoms with Gasteiger partial charge in [-0.05, 0) is 114 Å². The topological polar surface area (TPSA) is 126 Å². The van der Waals surface area contributed by atoms with Crippen molar-refractivity contribution in [2.75, 3.05) is 56.2 Å². The maximum Gasteiger partial charge on any atom is 0.358 e. The van der Waals surface area contributed by atoms with Crippen LogP contribution < -0.4 is 15.0 Å². The minimum absolute atomic E-state index is 0.0704. The van der Waals surface area contributed by atoms with Crippen molar-refractivity contribution in [2.24, 2.45) is 0 Å². The molecule has 12 nitrogen and oxygen atoms in total. The van der Waals surface area contributed by atoms with Crippen LogP contribution in [0.2, 0.25) is 0 Å². The van der Waals surface area contributed by atoms with E-state index in [0.29, 0.717) is 65.8 Å². The van der Waals surface area contributed by atoms with E-state index in [1.54, 1.807) is 69.9 Å². The third-order valence-corrected chi connectivity index (χ3v) is 12.0. The fourth-order valence-electron chi connectivity index (χ4n) is 8.28. The van der Waals surface area contributed by atoms with Crippen LogP contribution in [0.15, 0.2) is 72.8 Å². The fourth-order valence-corrected chi connectivity index (χ4v) is 9.15. The standard InChI is InChI=1S/C47H54F2N6O6S/c1-8-59-41(56)26-55-29(2)23-53(24-30(55)3)27-47(48,49)28-60-38-17-12-14-33(31(38)4)34-19-20-40(51-42(34)44(58)61-46(5,6)7)54-22-21-32-13-11-15-35(36(32)25-54)43(57)52-45-50-37-16-9-10-18-39(37)62-45/h9-20,29-30H,8,21-28H2,1-7H3,(H,50,52,57)/t29-,30+. The molecule has 2 aromatic heterocycles. The Bertz CT molecular complexity index is 2410. The number of para-hydroxylation sites is 1. The molecule has 2 aliphatic rings. The third kappa shape index (κ3) is 10.4. The van der Waals surface area contributed by atoms with E-state index in [2.05, 4.69) is 10.3 Å². The SMILES string of the molecule is CCOC(=O)CN1[C@H](C)CN(CC(F)(F)COc2cccc(-c3ccc(N4CCc5cccc(C(=O)Nc6nc7ccccc7s6)c5C4)nc3C(=O)OC(C)(C)C)c2C)C[C@@H]1C. The molecule has 1 fully saturated rings. The number of alkyl halides is 2. The second-order valence-corrected chi connectivity index (χ2v) is 18.1. The summed E-state index contributed by atoms with van der Waals surface area (Å²) in [6.45, 7) is 13.5. The summed E-state index contributed by atoms with van der Waals surface area (Å²) in [5.41, 5.74) is 4.13. The summed E-state index contributed by atoms with van der Waals surface area (Å²) < 4.78 is 49.0. The Kier molecular flexibility index (Phi) is 13.3. The molecule has 0 aliphatic carbocycles. The highest BCUT2D eigenvalue weighted by atomic mass is 32.1. The Balaban J connectivity index is 1.09. The van der Waals surface area contributed by atoms with Gasteiger partial charge < -0.3 is 19.1 Å². The van der Waals surface area contributed by atoms with Gasteiger partial charge in [-0.15, -0.1) is 0 Å². The minimum atomic E-state index is -3.18. The lowest BCUT2D eigenvalue weighted by molar-refractivity contribution is -0.147. The number of benzene rings is 3. The molecular formula is C47H54F2N6O6S. The van der Waals surface area contributed by atoms with E-state index >= 15 is 8.78 Å². The van der Waals surface area contributed by atoms with Gasteiger partial charge in [0.2, 0.25) is 0 Å². The molecule has 2 atom stereocenters. The molecule has 0 saturated carbocycles. The number of esters is 2. The van der Waals surface area contributed by atoms with Crippen LogP contribution in [-0.2, 0) is 27.2 Å². The fraction of sp³-hybridized carbons (Fsp3) is 0.426. The number of hydrogen-bond acceptors (Lipinski definition) is 12. The Labute approximate surface area is 365 Å². The molecule has 3 aromatic carbocycles. The molecule has 0 radical (unpaired) electrons. The largest absolute Gasteiger partial charge is 0.487 e. The van der Waals surface area contributed by atoms with Crippen LogP contribution >= 0.6 is 11.3 Å².